The van der Waals surface area contributed by atoms with Crippen LogP contribution in [0.4, 0.5) is 10.5 Å². The van der Waals surface area contributed by atoms with E-state index in [9.17, 15) is 13.2 Å². The summed E-state index contributed by atoms with van der Waals surface area (Å²) in [6, 6.07) is 11.4. The third kappa shape index (κ3) is 4.27. The summed E-state index contributed by atoms with van der Waals surface area (Å²) in [5.41, 5.74) is 8.40. The van der Waals surface area contributed by atoms with Gasteiger partial charge in [0.2, 0.25) is 5.96 Å². The van der Waals surface area contributed by atoms with Crippen LogP contribution in [-0.4, -0.2) is 44.3 Å². The minimum Gasteiger partial charge on any atom is -0.369 e. The molecule has 0 radical (unpaired) electrons. The summed E-state index contributed by atoms with van der Waals surface area (Å²) in [5, 5.41) is 3.50. The molecule has 32 heavy (non-hydrogen) atoms. The smallest absolute Gasteiger partial charge is 0.321 e. The number of carbonyl (C=O) groups is 1. The molecule has 0 saturated heterocycles. The molecule has 8 nitrogen and oxygen atoms in total. The number of guanidine groups is 1. The van der Waals surface area contributed by atoms with Gasteiger partial charge in [-0.05, 0) is 54.3 Å². The van der Waals surface area contributed by atoms with Crippen molar-refractivity contribution in [1.82, 2.24) is 9.62 Å². The Morgan fingerprint density at radius 3 is 2.72 bits per heavy atom. The number of nitrogens with zero attached hydrogens (tertiary/aromatic N) is 3. The summed E-state index contributed by atoms with van der Waals surface area (Å²) in [6.07, 6.45) is 2.51. The number of hydrogen-bond donors (Lipinski definition) is 2. The first kappa shape index (κ1) is 22.4. The van der Waals surface area contributed by atoms with Crippen LogP contribution in [0, 0.1) is 0 Å². The number of amides is 2. The summed E-state index contributed by atoms with van der Waals surface area (Å²) in [5.74, 6) is -0.0395. The maximum atomic E-state index is 13.3. The maximum absolute atomic E-state index is 13.3. The fourth-order valence-electron chi connectivity index (χ4n) is 3.95. The van der Waals surface area contributed by atoms with E-state index in [-0.39, 0.29) is 23.4 Å². The molecule has 0 fully saturated rings. The predicted octanol–water partition coefficient (Wildman–Crippen LogP) is 3.27. The van der Waals surface area contributed by atoms with Gasteiger partial charge >= 0.3 is 6.03 Å². The van der Waals surface area contributed by atoms with Crippen molar-refractivity contribution >= 4 is 39.3 Å². The molecule has 10 heteroatoms. The number of sulfonamides is 1. The molecule has 170 valence electrons. The quantitative estimate of drug-likeness (QED) is 0.625. The number of nitrogens with two attached hydrogens (primary N) is 1. The molecule has 0 spiro atoms. The van der Waals surface area contributed by atoms with Gasteiger partial charge < -0.3 is 11.1 Å². The van der Waals surface area contributed by atoms with Gasteiger partial charge in [0.05, 0.1) is 17.5 Å². The van der Waals surface area contributed by atoms with Gasteiger partial charge in [0, 0.05) is 23.8 Å². The minimum absolute atomic E-state index is 0.0395. The van der Waals surface area contributed by atoms with Crippen LogP contribution in [-0.2, 0) is 16.4 Å². The van der Waals surface area contributed by atoms with Crippen LogP contribution in [0.15, 0.2) is 52.4 Å². The molecule has 0 aromatic heterocycles. The number of aliphatic imine (C=N–C) groups is 1. The summed E-state index contributed by atoms with van der Waals surface area (Å²) in [4.78, 5) is 18.6. The van der Waals surface area contributed by atoms with Gasteiger partial charge in [-0.15, -0.1) is 0 Å². The predicted molar refractivity (Wildman–Crippen MR) is 126 cm³/mol. The van der Waals surface area contributed by atoms with E-state index in [0.717, 1.165) is 34.0 Å². The SMILES string of the molecule is CCCCNC(=O)N1CCc2cc(S(=O)(=O)N3C[C@H](c4ccc(Cl)cc4)N=C3N)ccc21. The molecule has 2 heterocycles. The Morgan fingerprint density at radius 2 is 2.00 bits per heavy atom. The summed E-state index contributed by atoms with van der Waals surface area (Å²) in [6.45, 7) is 3.33. The van der Waals surface area contributed by atoms with Gasteiger partial charge in [0.15, 0.2) is 0 Å². The Kier molecular flexibility index (Phi) is 6.30. The van der Waals surface area contributed by atoms with E-state index < -0.39 is 16.1 Å². The number of unbranched alkanes of at least 4 members (excludes halogenated alkanes) is 1. The molecule has 2 aliphatic rings. The molecule has 0 aliphatic carbocycles. The average Bonchev–Trinajstić information content (AvgIpc) is 3.38. The molecule has 1 atom stereocenters. The molecular formula is C22H26ClN5O3S. The van der Waals surface area contributed by atoms with Crippen molar-refractivity contribution in [2.45, 2.75) is 37.1 Å². The summed E-state index contributed by atoms with van der Waals surface area (Å²) < 4.78 is 27.8. The standard InChI is InChI=1S/C22H26ClN5O3S/c1-2-3-11-25-22(29)27-12-10-16-13-18(8-9-20(16)27)32(30,31)28-14-19(26-21(28)24)15-4-6-17(23)7-5-15/h4-9,13,19H,2-3,10-12,14H2,1H3,(H2,24,26)(H,25,29)/t19-/m1/s1. The molecule has 2 aliphatic heterocycles. The highest BCUT2D eigenvalue weighted by molar-refractivity contribution is 7.89. The van der Waals surface area contributed by atoms with Gasteiger partial charge in [-0.3, -0.25) is 4.90 Å². The highest BCUT2D eigenvalue weighted by atomic mass is 35.5. The second kappa shape index (κ2) is 8.99. The molecule has 4 rings (SSSR count). The largest absolute Gasteiger partial charge is 0.369 e. The van der Waals surface area contributed by atoms with E-state index in [0.29, 0.717) is 24.5 Å². The Bertz CT molecular complexity index is 1150. The molecule has 2 amide bonds. The Balaban J connectivity index is 1.52. The highest BCUT2D eigenvalue weighted by Gasteiger charge is 2.35. The molecule has 0 unspecified atom stereocenters. The Hall–Kier alpha value is -2.78. The molecular weight excluding hydrogens is 450 g/mol. The molecule has 0 saturated carbocycles. The average molecular weight is 476 g/mol. The number of nitrogens with one attached hydrogen (secondary N) is 1. The monoisotopic (exact) mass is 475 g/mol. The van der Waals surface area contributed by atoms with Crippen LogP contribution in [0.5, 0.6) is 0 Å². The lowest BCUT2D eigenvalue weighted by Gasteiger charge is -2.20. The number of hydrogen-bond acceptors (Lipinski definition) is 5. The van der Waals surface area contributed by atoms with Gasteiger partial charge in [-0.1, -0.05) is 37.1 Å². The van der Waals surface area contributed by atoms with Crippen LogP contribution in [0.1, 0.15) is 36.9 Å². The van der Waals surface area contributed by atoms with Crippen molar-refractivity contribution < 1.29 is 13.2 Å². The number of rotatable bonds is 6. The van der Waals surface area contributed by atoms with Crippen LogP contribution in [0.25, 0.3) is 0 Å². The van der Waals surface area contributed by atoms with Crippen molar-refractivity contribution in [3.8, 4) is 0 Å². The number of anilines is 1. The van der Waals surface area contributed by atoms with Crippen LogP contribution in [0.2, 0.25) is 5.02 Å². The fourth-order valence-corrected chi connectivity index (χ4v) is 5.49. The Labute approximate surface area is 193 Å². The summed E-state index contributed by atoms with van der Waals surface area (Å²) >= 11 is 5.94. The molecule has 2 aromatic rings. The van der Waals surface area contributed by atoms with Crippen molar-refractivity contribution in [2.75, 3.05) is 24.5 Å². The number of fused-ring (bicyclic) bond motifs is 1. The van der Waals surface area contributed by atoms with Crippen molar-refractivity contribution in [3.63, 3.8) is 0 Å². The molecule has 3 N–H and O–H groups in total. The van der Waals surface area contributed by atoms with Gasteiger partial charge in [0.1, 0.15) is 0 Å². The van der Waals surface area contributed by atoms with Crippen LogP contribution >= 0.6 is 11.6 Å². The topological polar surface area (TPSA) is 108 Å². The number of carbonyl (C=O) groups excluding carboxylic acids is 1. The maximum Gasteiger partial charge on any atom is 0.321 e. The van der Waals surface area contributed by atoms with Crippen molar-refractivity contribution in [2.24, 2.45) is 10.7 Å². The first-order valence-electron chi connectivity index (χ1n) is 10.6. The van der Waals surface area contributed by atoms with Gasteiger partial charge in [-0.25, -0.2) is 22.5 Å². The first-order chi connectivity index (χ1) is 15.3. The van der Waals surface area contributed by atoms with Gasteiger partial charge in [-0.2, -0.15) is 0 Å². The number of benzene rings is 2. The van der Waals surface area contributed by atoms with Crippen LogP contribution in [0.3, 0.4) is 0 Å². The lowest BCUT2D eigenvalue weighted by Crippen LogP contribution is -2.39. The zero-order valence-corrected chi connectivity index (χ0v) is 19.4. The zero-order chi connectivity index (χ0) is 22.9. The fraction of sp³-hybridized carbons (Fsp3) is 0.364. The van der Waals surface area contributed by atoms with Crippen LogP contribution < -0.4 is 16.0 Å². The molecule has 0 bridgehead atoms. The third-order valence-electron chi connectivity index (χ3n) is 5.72. The summed E-state index contributed by atoms with van der Waals surface area (Å²) in [7, 11) is -3.88. The van der Waals surface area contributed by atoms with E-state index in [1.165, 1.54) is 6.07 Å². The lowest BCUT2D eigenvalue weighted by molar-refractivity contribution is 0.246. The minimum atomic E-state index is -3.88. The normalized spacial score (nSPS) is 17.9. The lowest BCUT2D eigenvalue weighted by atomic mass is 10.1. The van der Waals surface area contributed by atoms with E-state index in [1.807, 2.05) is 12.1 Å². The number of halogens is 1. The van der Waals surface area contributed by atoms with Crippen molar-refractivity contribution in [3.05, 3.63) is 58.6 Å². The highest BCUT2D eigenvalue weighted by Crippen LogP contribution is 2.33. The second-order valence-corrected chi connectivity index (χ2v) is 10.2. The molecule has 2 aromatic carbocycles. The van der Waals surface area contributed by atoms with E-state index >= 15 is 0 Å². The Morgan fingerprint density at radius 1 is 1.25 bits per heavy atom. The van der Waals surface area contributed by atoms with E-state index in [2.05, 4.69) is 17.2 Å². The third-order valence-corrected chi connectivity index (χ3v) is 7.74. The van der Waals surface area contributed by atoms with E-state index in [4.69, 9.17) is 17.3 Å². The second-order valence-electron chi connectivity index (χ2n) is 7.87. The zero-order valence-electron chi connectivity index (χ0n) is 17.8. The van der Waals surface area contributed by atoms with Crippen molar-refractivity contribution in [1.29, 1.82) is 0 Å². The number of urea groups is 1. The van der Waals surface area contributed by atoms with E-state index in [1.54, 1.807) is 29.2 Å². The first-order valence-corrected chi connectivity index (χ1v) is 12.4. The van der Waals surface area contributed by atoms with Gasteiger partial charge in [0.25, 0.3) is 10.0 Å².